The van der Waals surface area contributed by atoms with E-state index in [0.29, 0.717) is 5.15 Å². The molecule has 2 aromatic rings. The van der Waals surface area contributed by atoms with E-state index in [1.54, 1.807) is 19.6 Å². The number of nitrogens with zero attached hydrogens (tertiary/aromatic N) is 1. The number of methoxy groups -OCH3 is 1. The molecule has 1 heterocycles. The highest BCUT2D eigenvalue weighted by molar-refractivity contribution is 6.31. The van der Waals surface area contributed by atoms with Crippen molar-refractivity contribution in [3.05, 3.63) is 59.1 Å². The maximum Gasteiger partial charge on any atom is 0.136 e. The Kier molecular flexibility index (Phi) is 4.69. The average Bonchev–Trinajstić information content (AvgIpc) is 2.45. The molecule has 1 aromatic heterocycles. The summed E-state index contributed by atoms with van der Waals surface area (Å²) in [5.74, 6) is 0. The van der Waals surface area contributed by atoms with Gasteiger partial charge in [0.1, 0.15) is 5.15 Å². The fraction of sp³-hybridized carbons (Fsp3) is 0.278. The molecule has 21 heavy (non-hydrogen) atoms. The molecule has 3 heteroatoms. The highest BCUT2D eigenvalue weighted by Gasteiger charge is 2.14. The molecule has 0 atom stereocenters. The van der Waals surface area contributed by atoms with Gasteiger partial charge < -0.3 is 4.74 Å². The molecule has 0 spiro atoms. The smallest absolute Gasteiger partial charge is 0.136 e. The van der Waals surface area contributed by atoms with Crippen LogP contribution in [0.2, 0.25) is 5.15 Å². The molecular weight excluding hydrogens is 282 g/mol. The Morgan fingerprint density at radius 2 is 1.76 bits per heavy atom. The normalized spacial score (nSPS) is 11.9. The topological polar surface area (TPSA) is 22.1 Å². The first-order valence-corrected chi connectivity index (χ1v) is 7.26. The van der Waals surface area contributed by atoms with Crippen molar-refractivity contribution in [2.24, 2.45) is 0 Å². The van der Waals surface area contributed by atoms with E-state index in [0.717, 1.165) is 16.7 Å². The molecule has 110 valence electrons. The summed E-state index contributed by atoms with van der Waals surface area (Å²) in [5.41, 5.74) is 4.48. The summed E-state index contributed by atoms with van der Waals surface area (Å²) in [7, 11) is 1.61. The van der Waals surface area contributed by atoms with E-state index in [-0.39, 0.29) is 5.41 Å². The van der Waals surface area contributed by atoms with Crippen LogP contribution in [0.25, 0.3) is 17.2 Å². The van der Waals surface area contributed by atoms with Crippen molar-refractivity contribution in [1.29, 1.82) is 0 Å². The minimum Gasteiger partial charge on any atom is -0.504 e. The second-order valence-electron chi connectivity index (χ2n) is 5.93. The van der Waals surface area contributed by atoms with Gasteiger partial charge in [0.05, 0.1) is 13.4 Å². The van der Waals surface area contributed by atoms with E-state index in [2.05, 4.69) is 50.0 Å². The number of benzene rings is 1. The quantitative estimate of drug-likeness (QED) is 0.565. The summed E-state index contributed by atoms with van der Waals surface area (Å²) < 4.78 is 4.99. The number of hydrogen-bond donors (Lipinski definition) is 0. The number of rotatable bonds is 3. The van der Waals surface area contributed by atoms with Crippen LogP contribution in [-0.4, -0.2) is 12.1 Å². The van der Waals surface area contributed by atoms with Crippen molar-refractivity contribution in [1.82, 2.24) is 4.98 Å². The Labute approximate surface area is 131 Å². The zero-order valence-corrected chi connectivity index (χ0v) is 13.6. The molecule has 0 aliphatic heterocycles. The molecule has 0 unspecified atom stereocenters. The SMILES string of the molecule is CO/C=C/c1c(-c2ccc(C(C)(C)C)cc2)ccnc1Cl. The fourth-order valence-corrected chi connectivity index (χ4v) is 2.36. The van der Waals surface area contributed by atoms with Crippen LogP contribution < -0.4 is 0 Å². The minimum atomic E-state index is 0.146. The predicted octanol–water partition coefficient (Wildman–Crippen LogP) is 5.32. The molecule has 0 aliphatic rings. The molecule has 0 bridgehead atoms. The summed E-state index contributed by atoms with van der Waals surface area (Å²) in [5, 5.41) is 0.473. The first-order valence-electron chi connectivity index (χ1n) is 6.88. The standard InChI is InChI=1S/C18H20ClNO/c1-18(2,3)14-7-5-13(6-8-14)15-9-11-20-17(19)16(15)10-12-21-4/h5-12H,1-4H3/b12-10+. The fourth-order valence-electron chi connectivity index (χ4n) is 2.14. The summed E-state index contributed by atoms with van der Waals surface area (Å²) in [6, 6.07) is 10.5. The second kappa shape index (κ2) is 6.31. The highest BCUT2D eigenvalue weighted by Crippen LogP contribution is 2.31. The molecular formula is C18H20ClNO. The maximum atomic E-state index is 6.20. The Hall–Kier alpha value is -1.80. The monoisotopic (exact) mass is 301 g/mol. The van der Waals surface area contributed by atoms with Crippen LogP contribution in [-0.2, 0) is 10.2 Å². The molecule has 1 aromatic carbocycles. The number of pyridine rings is 1. The number of hydrogen-bond acceptors (Lipinski definition) is 2. The van der Waals surface area contributed by atoms with E-state index in [9.17, 15) is 0 Å². The zero-order chi connectivity index (χ0) is 15.5. The lowest BCUT2D eigenvalue weighted by molar-refractivity contribution is 0.341. The van der Waals surface area contributed by atoms with E-state index >= 15 is 0 Å². The Bertz CT molecular complexity index is 639. The minimum absolute atomic E-state index is 0.146. The lowest BCUT2D eigenvalue weighted by Crippen LogP contribution is -2.10. The Morgan fingerprint density at radius 1 is 1.10 bits per heavy atom. The molecule has 0 fully saturated rings. The number of ether oxygens (including phenoxy) is 1. The van der Waals surface area contributed by atoms with E-state index in [1.165, 1.54) is 5.56 Å². The van der Waals surface area contributed by atoms with Gasteiger partial charge in [-0.05, 0) is 34.2 Å². The van der Waals surface area contributed by atoms with Crippen LogP contribution in [0.4, 0.5) is 0 Å². The van der Waals surface area contributed by atoms with Gasteiger partial charge in [-0.3, -0.25) is 0 Å². The third-order valence-electron chi connectivity index (χ3n) is 3.37. The molecule has 2 rings (SSSR count). The van der Waals surface area contributed by atoms with Gasteiger partial charge in [0.15, 0.2) is 0 Å². The van der Waals surface area contributed by atoms with Gasteiger partial charge in [0.2, 0.25) is 0 Å². The van der Waals surface area contributed by atoms with Crippen molar-refractivity contribution in [2.45, 2.75) is 26.2 Å². The van der Waals surface area contributed by atoms with Gasteiger partial charge >= 0.3 is 0 Å². The van der Waals surface area contributed by atoms with Crippen molar-refractivity contribution in [3.63, 3.8) is 0 Å². The van der Waals surface area contributed by atoms with Crippen LogP contribution in [0.15, 0.2) is 42.8 Å². The van der Waals surface area contributed by atoms with E-state index in [4.69, 9.17) is 16.3 Å². The van der Waals surface area contributed by atoms with Crippen LogP contribution in [0, 0.1) is 0 Å². The van der Waals surface area contributed by atoms with Crippen molar-refractivity contribution in [3.8, 4) is 11.1 Å². The van der Waals surface area contributed by atoms with Gasteiger partial charge in [0.25, 0.3) is 0 Å². The third kappa shape index (κ3) is 3.64. The molecule has 2 nitrogen and oxygen atoms in total. The number of aromatic nitrogens is 1. The largest absolute Gasteiger partial charge is 0.504 e. The molecule has 0 N–H and O–H groups in total. The van der Waals surface area contributed by atoms with Crippen LogP contribution >= 0.6 is 11.6 Å². The Balaban J connectivity index is 2.47. The molecule has 0 saturated carbocycles. The first-order chi connectivity index (χ1) is 9.93. The van der Waals surface area contributed by atoms with E-state index in [1.807, 2.05) is 12.1 Å². The second-order valence-corrected chi connectivity index (χ2v) is 6.29. The first kappa shape index (κ1) is 15.6. The van der Waals surface area contributed by atoms with Crippen molar-refractivity contribution >= 4 is 17.7 Å². The average molecular weight is 302 g/mol. The van der Waals surface area contributed by atoms with Gasteiger partial charge in [0, 0.05) is 11.8 Å². The molecule has 0 aliphatic carbocycles. The van der Waals surface area contributed by atoms with Gasteiger partial charge in [-0.15, -0.1) is 0 Å². The highest BCUT2D eigenvalue weighted by atomic mass is 35.5. The lowest BCUT2D eigenvalue weighted by Gasteiger charge is -2.19. The van der Waals surface area contributed by atoms with Crippen LogP contribution in [0.5, 0.6) is 0 Å². The lowest BCUT2D eigenvalue weighted by atomic mass is 9.86. The van der Waals surface area contributed by atoms with Crippen LogP contribution in [0.3, 0.4) is 0 Å². The zero-order valence-electron chi connectivity index (χ0n) is 12.9. The van der Waals surface area contributed by atoms with Crippen LogP contribution in [0.1, 0.15) is 31.9 Å². The summed E-state index contributed by atoms with van der Waals surface area (Å²) in [4.78, 5) is 4.13. The summed E-state index contributed by atoms with van der Waals surface area (Å²) >= 11 is 6.20. The summed E-state index contributed by atoms with van der Waals surface area (Å²) in [6.07, 6.45) is 5.16. The van der Waals surface area contributed by atoms with Gasteiger partial charge in [-0.1, -0.05) is 56.6 Å². The molecule has 0 saturated heterocycles. The molecule has 0 radical (unpaired) electrons. The van der Waals surface area contributed by atoms with Gasteiger partial charge in [-0.25, -0.2) is 4.98 Å². The van der Waals surface area contributed by atoms with Gasteiger partial charge in [-0.2, -0.15) is 0 Å². The van der Waals surface area contributed by atoms with Crippen molar-refractivity contribution < 1.29 is 4.74 Å². The molecule has 0 amide bonds. The maximum absolute atomic E-state index is 6.20. The summed E-state index contributed by atoms with van der Waals surface area (Å²) in [6.45, 7) is 6.62. The predicted molar refractivity (Wildman–Crippen MR) is 89.4 cm³/mol. The third-order valence-corrected chi connectivity index (χ3v) is 3.68. The number of halogens is 1. The van der Waals surface area contributed by atoms with Crippen molar-refractivity contribution in [2.75, 3.05) is 7.11 Å². The Morgan fingerprint density at radius 3 is 2.33 bits per heavy atom. The van der Waals surface area contributed by atoms with E-state index < -0.39 is 0 Å².